The largest absolute Gasteiger partial charge is 0.398 e. The molecule has 2 N–H and O–H groups in total. The minimum Gasteiger partial charge on any atom is -0.398 e. The van der Waals surface area contributed by atoms with Crippen LogP contribution in [-0.4, -0.2) is 23.9 Å². The van der Waals surface area contributed by atoms with E-state index in [0.29, 0.717) is 23.7 Å². The van der Waals surface area contributed by atoms with Crippen LogP contribution in [-0.2, 0) is 0 Å². The number of nitrogens with zero attached hydrogens (tertiary/aromatic N) is 1. The first-order valence-corrected chi connectivity index (χ1v) is 6.11. The molecule has 1 aromatic rings. The zero-order valence-electron chi connectivity index (χ0n) is 11.2. The smallest absolute Gasteiger partial charge is 0.255 e. The van der Waals surface area contributed by atoms with Crippen molar-refractivity contribution in [2.24, 2.45) is 5.92 Å². The molecule has 0 bridgehead atoms. The Morgan fingerprint density at radius 1 is 1.41 bits per heavy atom. The molecule has 0 saturated carbocycles. The van der Waals surface area contributed by atoms with Gasteiger partial charge in [0.2, 0.25) is 0 Å². The maximum Gasteiger partial charge on any atom is 0.255 e. The summed E-state index contributed by atoms with van der Waals surface area (Å²) in [5.41, 5.74) is 8.10. The molecule has 94 valence electrons. The van der Waals surface area contributed by atoms with Crippen molar-refractivity contribution in [2.45, 2.75) is 27.7 Å². The molecule has 0 radical (unpaired) electrons. The van der Waals surface area contributed by atoms with Crippen LogP contribution in [0.4, 0.5) is 5.69 Å². The zero-order valence-corrected chi connectivity index (χ0v) is 11.2. The van der Waals surface area contributed by atoms with Gasteiger partial charge in [0.05, 0.1) is 5.56 Å². The van der Waals surface area contributed by atoms with Crippen molar-refractivity contribution in [3.05, 3.63) is 29.3 Å². The Morgan fingerprint density at radius 3 is 2.59 bits per heavy atom. The number of nitrogens with two attached hydrogens (primary N) is 1. The van der Waals surface area contributed by atoms with E-state index in [2.05, 4.69) is 13.8 Å². The fourth-order valence-corrected chi connectivity index (χ4v) is 1.82. The van der Waals surface area contributed by atoms with Crippen molar-refractivity contribution in [3.8, 4) is 0 Å². The Kier molecular flexibility index (Phi) is 4.55. The van der Waals surface area contributed by atoms with Crippen molar-refractivity contribution >= 4 is 11.6 Å². The van der Waals surface area contributed by atoms with Crippen LogP contribution in [0.3, 0.4) is 0 Å². The van der Waals surface area contributed by atoms with E-state index in [-0.39, 0.29) is 5.91 Å². The van der Waals surface area contributed by atoms with E-state index in [0.717, 1.165) is 12.1 Å². The molecule has 0 aliphatic heterocycles. The molecule has 0 spiro atoms. The highest BCUT2D eigenvalue weighted by atomic mass is 16.2. The predicted molar refractivity (Wildman–Crippen MR) is 72.0 cm³/mol. The van der Waals surface area contributed by atoms with E-state index in [1.807, 2.05) is 30.9 Å². The van der Waals surface area contributed by atoms with Crippen LogP contribution in [0.25, 0.3) is 0 Å². The average molecular weight is 234 g/mol. The number of anilines is 1. The molecule has 0 aromatic heterocycles. The molecule has 0 aliphatic carbocycles. The Balaban J connectivity index is 2.97. The second kappa shape index (κ2) is 5.71. The molecule has 0 unspecified atom stereocenters. The summed E-state index contributed by atoms with van der Waals surface area (Å²) in [6.45, 7) is 9.65. The molecule has 3 nitrogen and oxygen atoms in total. The van der Waals surface area contributed by atoms with Gasteiger partial charge in [0.25, 0.3) is 5.91 Å². The van der Waals surface area contributed by atoms with Crippen LogP contribution in [0.5, 0.6) is 0 Å². The van der Waals surface area contributed by atoms with Gasteiger partial charge in [0, 0.05) is 18.8 Å². The summed E-state index contributed by atoms with van der Waals surface area (Å²) in [6.07, 6.45) is 0. The number of carbonyl (C=O) groups excluding carboxylic acids is 1. The van der Waals surface area contributed by atoms with Gasteiger partial charge in [0.1, 0.15) is 0 Å². The van der Waals surface area contributed by atoms with Crippen LogP contribution in [0.2, 0.25) is 0 Å². The number of aryl methyl sites for hydroxylation is 1. The van der Waals surface area contributed by atoms with Gasteiger partial charge in [0.15, 0.2) is 0 Å². The lowest BCUT2D eigenvalue weighted by molar-refractivity contribution is 0.0747. The first kappa shape index (κ1) is 13.6. The van der Waals surface area contributed by atoms with Crippen molar-refractivity contribution in [3.63, 3.8) is 0 Å². The lowest BCUT2D eigenvalue weighted by Gasteiger charge is -2.23. The van der Waals surface area contributed by atoms with Crippen LogP contribution >= 0.6 is 0 Å². The molecule has 0 atom stereocenters. The maximum absolute atomic E-state index is 12.3. The quantitative estimate of drug-likeness (QED) is 0.814. The lowest BCUT2D eigenvalue weighted by Crippen LogP contribution is -2.34. The zero-order chi connectivity index (χ0) is 13.0. The van der Waals surface area contributed by atoms with E-state index in [4.69, 9.17) is 5.73 Å². The van der Waals surface area contributed by atoms with Crippen molar-refractivity contribution in [2.75, 3.05) is 18.8 Å². The third kappa shape index (κ3) is 3.48. The Bertz CT molecular complexity index is 399. The van der Waals surface area contributed by atoms with Crippen molar-refractivity contribution < 1.29 is 4.79 Å². The summed E-state index contributed by atoms with van der Waals surface area (Å²) in [5.74, 6) is 0.493. The fraction of sp³-hybridized carbons (Fsp3) is 0.500. The molecule has 1 rings (SSSR count). The van der Waals surface area contributed by atoms with Gasteiger partial charge >= 0.3 is 0 Å². The average Bonchev–Trinajstić information content (AvgIpc) is 2.28. The maximum atomic E-state index is 12.3. The van der Waals surface area contributed by atoms with Crippen molar-refractivity contribution in [1.82, 2.24) is 4.90 Å². The molecule has 0 saturated heterocycles. The van der Waals surface area contributed by atoms with Gasteiger partial charge in [-0.15, -0.1) is 0 Å². The SMILES string of the molecule is CCN(CC(C)C)C(=O)c1cc(C)ccc1N. The molecule has 1 amide bonds. The van der Waals surface area contributed by atoms with E-state index in [1.165, 1.54) is 0 Å². The second-order valence-corrected chi connectivity index (χ2v) is 4.83. The predicted octanol–water partition coefficient (Wildman–Crippen LogP) is 2.70. The van der Waals surface area contributed by atoms with Gasteiger partial charge in [-0.25, -0.2) is 0 Å². The fourth-order valence-electron chi connectivity index (χ4n) is 1.82. The number of rotatable bonds is 4. The van der Waals surface area contributed by atoms with E-state index in [1.54, 1.807) is 6.07 Å². The molecule has 0 heterocycles. The van der Waals surface area contributed by atoms with Gasteiger partial charge in [-0.2, -0.15) is 0 Å². The summed E-state index contributed by atoms with van der Waals surface area (Å²) in [6, 6.07) is 5.58. The topological polar surface area (TPSA) is 46.3 Å². The Hall–Kier alpha value is -1.51. The summed E-state index contributed by atoms with van der Waals surface area (Å²) in [7, 11) is 0. The van der Waals surface area contributed by atoms with Crippen molar-refractivity contribution in [1.29, 1.82) is 0 Å². The van der Waals surface area contributed by atoms with E-state index >= 15 is 0 Å². The highest BCUT2D eigenvalue weighted by Gasteiger charge is 2.17. The van der Waals surface area contributed by atoms with Gasteiger partial charge in [-0.1, -0.05) is 25.5 Å². The van der Waals surface area contributed by atoms with Crippen LogP contribution < -0.4 is 5.73 Å². The number of nitrogen functional groups attached to an aromatic ring is 1. The van der Waals surface area contributed by atoms with Crippen LogP contribution in [0, 0.1) is 12.8 Å². The lowest BCUT2D eigenvalue weighted by atomic mass is 10.1. The van der Waals surface area contributed by atoms with Gasteiger partial charge < -0.3 is 10.6 Å². The summed E-state index contributed by atoms with van der Waals surface area (Å²) in [4.78, 5) is 14.2. The first-order valence-electron chi connectivity index (χ1n) is 6.11. The molecular weight excluding hydrogens is 212 g/mol. The molecular formula is C14H22N2O. The molecule has 0 aliphatic rings. The number of carbonyl (C=O) groups is 1. The monoisotopic (exact) mass is 234 g/mol. The first-order chi connectivity index (χ1) is 7.95. The molecule has 17 heavy (non-hydrogen) atoms. The second-order valence-electron chi connectivity index (χ2n) is 4.83. The normalized spacial score (nSPS) is 10.6. The van der Waals surface area contributed by atoms with E-state index < -0.39 is 0 Å². The summed E-state index contributed by atoms with van der Waals surface area (Å²) < 4.78 is 0. The number of benzene rings is 1. The molecule has 0 fully saturated rings. The highest BCUT2D eigenvalue weighted by Crippen LogP contribution is 2.16. The number of amides is 1. The summed E-state index contributed by atoms with van der Waals surface area (Å²) in [5, 5.41) is 0. The minimum atomic E-state index is 0.0300. The van der Waals surface area contributed by atoms with Crippen LogP contribution in [0.1, 0.15) is 36.7 Å². The van der Waals surface area contributed by atoms with E-state index in [9.17, 15) is 4.79 Å². The molecule has 3 heteroatoms. The third-order valence-corrected chi connectivity index (χ3v) is 2.69. The number of hydrogen-bond donors (Lipinski definition) is 1. The van der Waals surface area contributed by atoms with Crippen LogP contribution in [0.15, 0.2) is 18.2 Å². The minimum absolute atomic E-state index is 0.0300. The molecule has 1 aromatic carbocycles. The highest BCUT2D eigenvalue weighted by molar-refractivity contribution is 5.99. The van der Waals surface area contributed by atoms with Gasteiger partial charge in [-0.05, 0) is 31.9 Å². The summed E-state index contributed by atoms with van der Waals surface area (Å²) >= 11 is 0. The Morgan fingerprint density at radius 2 is 2.06 bits per heavy atom. The third-order valence-electron chi connectivity index (χ3n) is 2.69. The Labute approximate surface area is 104 Å². The number of hydrogen-bond acceptors (Lipinski definition) is 2. The standard InChI is InChI=1S/C14H22N2O/c1-5-16(9-10(2)3)14(17)12-8-11(4)6-7-13(12)15/h6-8,10H,5,9,15H2,1-4H3. The van der Waals surface area contributed by atoms with Gasteiger partial charge in [-0.3, -0.25) is 4.79 Å².